The van der Waals surface area contributed by atoms with Crippen LogP contribution in [0.25, 0.3) is 10.2 Å². The molecule has 1 aliphatic rings. The molecule has 0 bridgehead atoms. The monoisotopic (exact) mass is 355 g/mol. The Morgan fingerprint density at radius 1 is 1.17 bits per heavy atom. The molecule has 0 amide bonds. The van der Waals surface area contributed by atoms with E-state index in [1.54, 1.807) is 11.3 Å². The van der Waals surface area contributed by atoms with Gasteiger partial charge in [0.15, 0.2) is 5.13 Å². The second kappa shape index (κ2) is 5.45. The van der Waals surface area contributed by atoms with Gasteiger partial charge in [0.25, 0.3) is 0 Å². The summed E-state index contributed by atoms with van der Waals surface area (Å²) < 4.78 is 39.5. The Morgan fingerprint density at radius 3 is 2.74 bits per heavy atom. The summed E-state index contributed by atoms with van der Waals surface area (Å²) in [6, 6.07) is 7.89. The first kappa shape index (κ1) is 14.9. The lowest BCUT2D eigenvalue weighted by Gasteiger charge is -2.22. The van der Waals surface area contributed by atoms with Gasteiger partial charge in [-0.1, -0.05) is 23.5 Å². The van der Waals surface area contributed by atoms with Crippen molar-refractivity contribution in [3.05, 3.63) is 40.3 Å². The van der Waals surface area contributed by atoms with Crippen molar-refractivity contribution in [2.75, 3.05) is 11.4 Å². The minimum absolute atomic E-state index is 0.0135. The molecule has 1 aliphatic heterocycles. The third-order valence-corrected chi connectivity index (χ3v) is 6.08. The van der Waals surface area contributed by atoms with Gasteiger partial charge in [0.05, 0.1) is 22.5 Å². The molecule has 1 saturated heterocycles. The summed E-state index contributed by atoms with van der Waals surface area (Å²) >= 11 is 2.32. The molecule has 8 heteroatoms. The highest BCUT2D eigenvalue weighted by Gasteiger charge is 2.36. The number of nitrogens with zero attached hydrogens (tertiary/aromatic N) is 3. The molecule has 3 heterocycles. The van der Waals surface area contributed by atoms with Crippen LogP contribution in [0, 0.1) is 0 Å². The number of aromatic nitrogens is 2. The van der Waals surface area contributed by atoms with Crippen molar-refractivity contribution in [1.29, 1.82) is 0 Å². The van der Waals surface area contributed by atoms with Crippen molar-refractivity contribution in [2.24, 2.45) is 0 Å². The molecule has 3 aromatic rings. The van der Waals surface area contributed by atoms with Crippen LogP contribution in [-0.2, 0) is 6.18 Å². The molecule has 1 fully saturated rings. The number of fused-ring (bicyclic) bond motifs is 1. The first-order chi connectivity index (χ1) is 11.0. The minimum Gasteiger partial charge on any atom is -0.339 e. The summed E-state index contributed by atoms with van der Waals surface area (Å²) in [5.74, 6) is 0. The van der Waals surface area contributed by atoms with Gasteiger partial charge in [-0.05, 0) is 25.0 Å². The number of hydrogen-bond donors (Lipinski definition) is 0. The van der Waals surface area contributed by atoms with Gasteiger partial charge in [-0.3, -0.25) is 0 Å². The van der Waals surface area contributed by atoms with Crippen LogP contribution in [-0.4, -0.2) is 16.5 Å². The fraction of sp³-hybridized carbons (Fsp3) is 0.333. The van der Waals surface area contributed by atoms with E-state index in [2.05, 4.69) is 9.97 Å². The first-order valence-electron chi connectivity index (χ1n) is 7.17. The van der Waals surface area contributed by atoms with Gasteiger partial charge in [0, 0.05) is 6.54 Å². The fourth-order valence-corrected chi connectivity index (χ4v) is 4.79. The second-order valence-corrected chi connectivity index (χ2v) is 7.45. The Kier molecular flexibility index (Phi) is 3.53. The molecule has 23 heavy (non-hydrogen) atoms. The van der Waals surface area contributed by atoms with Crippen LogP contribution >= 0.6 is 22.7 Å². The average Bonchev–Trinajstić information content (AvgIpc) is 3.23. The molecule has 0 radical (unpaired) electrons. The summed E-state index contributed by atoms with van der Waals surface area (Å²) in [7, 11) is 0. The van der Waals surface area contributed by atoms with Crippen molar-refractivity contribution >= 4 is 38.0 Å². The Balaban J connectivity index is 1.67. The van der Waals surface area contributed by atoms with E-state index in [0.717, 1.165) is 34.3 Å². The number of thiazole rings is 2. The van der Waals surface area contributed by atoms with Crippen LogP contribution in [0.5, 0.6) is 0 Å². The van der Waals surface area contributed by atoms with E-state index in [1.165, 1.54) is 0 Å². The number of para-hydroxylation sites is 1. The SMILES string of the molecule is FC(F)(F)c1cnc(N2CCCC2c2nc3ccccc3s2)s1. The molecule has 1 atom stereocenters. The van der Waals surface area contributed by atoms with E-state index >= 15 is 0 Å². The maximum atomic E-state index is 12.8. The molecule has 4 rings (SSSR count). The average molecular weight is 355 g/mol. The second-order valence-electron chi connectivity index (χ2n) is 5.38. The van der Waals surface area contributed by atoms with Crippen LogP contribution in [0.3, 0.4) is 0 Å². The van der Waals surface area contributed by atoms with Crippen LogP contribution in [0.4, 0.5) is 18.3 Å². The standard InChI is InChI=1S/C15H12F3N3S2/c16-15(17,18)12-8-19-14(23-12)21-7-3-5-10(21)13-20-9-4-1-2-6-11(9)22-13/h1-2,4,6,8,10H,3,5,7H2. The summed E-state index contributed by atoms with van der Waals surface area (Å²) in [6.07, 6.45) is -1.59. The highest BCUT2D eigenvalue weighted by Crippen LogP contribution is 2.43. The van der Waals surface area contributed by atoms with Crippen LogP contribution in [0.2, 0.25) is 0 Å². The van der Waals surface area contributed by atoms with Gasteiger partial charge in [0.2, 0.25) is 0 Å². The van der Waals surface area contributed by atoms with Gasteiger partial charge < -0.3 is 4.90 Å². The van der Waals surface area contributed by atoms with Crippen molar-refractivity contribution in [3.63, 3.8) is 0 Å². The van der Waals surface area contributed by atoms with Crippen molar-refractivity contribution < 1.29 is 13.2 Å². The predicted octanol–water partition coefficient (Wildman–Crippen LogP) is 5.11. The quantitative estimate of drug-likeness (QED) is 0.639. The number of hydrogen-bond acceptors (Lipinski definition) is 5. The van der Waals surface area contributed by atoms with Crippen molar-refractivity contribution in [3.8, 4) is 0 Å². The third kappa shape index (κ3) is 2.70. The van der Waals surface area contributed by atoms with E-state index in [-0.39, 0.29) is 6.04 Å². The van der Waals surface area contributed by atoms with E-state index in [1.807, 2.05) is 29.2 Å². The van der Waals surface area contributed by atoms with Crippen molar-refractivity contribution in [1.82, 2.24) is 9.97 Å². The molecule has 1 unspecified atom stereocenters. The summed E-state index contributed by atoms with van der Waals surface area (Å²) in [5, 5.41) is 1.38. The molecular weight excluding hydrogens is 343 g/mol. The molecule has 3 nitrogen and oxygen atoms in total. The molecule has 2 aromatic heterocycles. The van der Waals surface area contributed by atoms with Crippen LogP contribution in [0.15, 0.2) is 30.5 Å². The van der Waals surface area contributed by atoms with Gasteiger partial charge >= 0.3 is 6.18 Å². The molecular formula is C15H12F3N3S2. The largest absolute Gasteiger partial charge is 0.427 e. The van der Waals surface area contributed by atoms with E-state index in [9.17, 15) is 13.2 Å². The van der Waals surface area contributed by atoms with Gasteiger partial charge in [-0.2, -0.15) is 13.2 Å². The Hall–Kier alpha value is -1.67. The third-order valence-electron chi connectivity index (χ3n) is 3.87. The lowest BCUT2D eigenvalue weighted by molar-refractivity contribution is -0.134. The topological polar surface area (TPSA) is 29.0 Å². The molecule has 1 aromatic carbocycles. The van der Waals surface area contributed by atoms with Crippen molar-refractivity contribution in [2.45, 2.75) is 25.1 Å². The van der Waals surface area contributed by atoms with Crippen LogP contribution in [0.1, 0.15) is 28.8 Å². The number of anilines is 1. The minimum atomic E-state index is -4.33. The highest BCUT2D eigenvalue weighted by atomic mass is 32.1. The zero-order valence-corrected chi connectivity index (χ0v) is 13.5. The summed E-state index contributed by atoms with van der Waals surface area (Å²) in [4.78, 5) is 9.96. The Morgan fingerprint density at radius 2 is 2.00 bits per heavy atom. The smallest absolute Gasteiger partial charge is 0.339 e. The molecule has 0 aliphatic carbocycles. The Bertz CT molecular complexity index is 807. The number of benzene rings is 1. The zero-order valence-electron chi connectivity index (χ0n) is 11.9. The summed E-state index contributed by atoms with van der Waals surface area (Å²) in [5.41, 5.74) is 0.939. The van der Waals surface area contributed by atoms with Gasteiger partial charge in [-0.15, -0.1) is 11.3 Å². The number of halogens is 3. The molecule has 120 valence electrons. The lowest BCUT2D eigenvalue weighted by atomic mass is 10.2. The maximum Gasteiger partial charge on any atom is 0.427 e. The van der Waals surface area contributed by atoms with E-state index in [0.29, 0.717) is 23.0 Å². The zero-order chi connectivity index (χ0) is 16.0. The van der Waals surface area contributed by atoms with E-state index < -0.39 is 11.1 Å². The molecule has 0 spiro atoms. The molecule has 0 N–H and O–H groups in total. The fourth-order valence-electron chi connectivity index (χ4n) is 2.81. The lowest BCUT2D eigenvalue weighted by Crippen LogP contribution is -2.22. The predicted molar refractivity (Wildman–Crippen MR) is 86.1 cm³/mol. The van der Waals surface area contributed by atoms with Gasteiger partial charge in [0.1, 0.15) is 9.88 Å². The number of rotatable bonds is 2. The maximum absolute atomic E-state index is 12.8. The highest BCUT2D eigenvalue weighted by molar-refractivity contribution is 7.18. The normalized spacial score (nSPS) is 18.9. The Labute approximate surface area is 138 Å². The molecule has 0 saturated carbocycles. The number of alkyl halides is 3. The van der Waals surface area contributed by atoms with Gasteiger partial charge in [-0.25, -0.2) is 9.97 Å². The van der Waals surface area contributed by atoms with Crippen LogP contribution < -0.4 is 4.90 Å². The van der Waals surface area contributed by atoms with E-state index in [4.69, 9.17) is 0 Å². The summed E-state index contributed by atoms with van der Waals surface area (Å²) in [6.45, 7) is 0.714. The first-order valence-corrected chi connectivity index (χ1v) is 8.81.